The Bertz CT molecular complexity index is 703. The third-order valence-electron chi connectivity index (χ3n) is 5.97. The molecule has 168 valence electrons. The van der Waals surface area contributed by atoms with Crippen molar-refractivity contribution in [1.82, 2.24) is 20.4 Å². The van der Waals surface area contributed by atoms with Crippen LogP contribution in [-0.2, 0) is 17.9 Å². The first-order valence-corrected chi connectivity index (χ1v) is 11.1. The molecule has 2 saturated heterocycles. The highest BCUT2D eigenvalue weighted by atomic mass is 127. The number of piperidine rings is 1. The predicted octanol–water partition coefficient (Wildman–Crippen LogP) is 3.21. The van der Waals surface area contributed by atoms with E-state index in [1.165, 1.54) is 43.5 Å². The number of nitrogens with zero attached hydrogens (tertiary/aromatic N) is 3. The Labute approximate surface area is 198 Å². The smallest absolute Gasteiger partial charge is 0.225 e. The van der Waals surface area contributed by atoms with Gasteiger partial charge in [-0.1, -0.05) is 44.5 Å². The number of carbonyl (C=O) groups is 1. The lowest BCUT2D eigenvalue weighted by atomic mass is 10.0. The molecular weight excluding hydrogens is 489 g/mol. The van der Waals surface area contributed by atoms with Crippen LogP contribution in [0.1, 0.15) is 50.7 Å². The second-order valence-electron chi connectivity index (χ2n) is 8.60. The van der Waals surface area contributed by atoms with Gasteiger partial charge in [-0.15, -0.1) is 24.0 Å². The van der Waals surface area contributed by atoms with Gasteiger partial charge in [0.15, 0.2) is 5.96 Å². The Morgan fingerprint density at radius 1 is 1.13 bits per heavy atom. The van der Waals surface area contributed by atoms with E-state index in [-0.39, 0.29) is 41.8 Å². The Kier molecular flexibility index (Phi) is 10.4. The topological polar surface area (TPSA) is 60.0 Å². The van der Waals surface area contributed by atoms with Crippen molar-refractivity contribution in [1.29, 1.82) is 0 Å². The summed E-state index contributed by atoms with van der Waals surface area (Å²) in [6.45, 7) is 9.70. The molecule has 6 nitrogen and oxygen atoms in total. The van der Waals surface area contributed by atoms with Gasteiger partial charge in [-0.25, -0.2) is 0 Å². The number of rotatable bonds is 6. The standard InChI is InChI=1S/C23H37N5O.HI/c1-18(2)22(29)28-14-11-21(17-28)26-23(24-3)25-15-19-9-5-6-10-20(19)16-27-12-7-4-8-13-27;/h5-6,9-10,18,21H,4,7-8,11-17H2,1-3H3,(H2,24,25,26);1H. The van der Waals surface area contributed by atoms with E-state index >= 15 is 0 Å². The molecule has 0 saturated carbocycles. The summed E-state index contributed by atoms with van der Waals surface area (Å²) in [7, 11) is 1.81. The van der Waals surface area contributed by atoms with Crippen LogP contribution in [0.25, 0.3) is 0 Å². The van der Waals surface area contributed by atoms with Gasteiger partial charge in [0, 0.05) is 45.2 Å². The maximum absolute atomic E-state index is 12.2. The molecule has 2 heterocycles. The SMILES string of the molecule is CN=C(NCc1ccccc1CN1CCCCC1)NC1CCN(C(=O)C(C)C)C1.I. The number of benzene rings is 1. The molecule has 0 aliphatic carbocycles. The van der Waals surface area contributed by atoms with Gasteiger partial charge in [-0.05, 0) is 43.5 Å². The highest BCUT2D eigenvalue weighted by Gasteiger charge is 2.28. The minimum absolute atomic E-state index is 0. The summed E-state index contributed by atoms with van der Waals surface area (Å²) in [5.74, 6) is 1.10. The lowest BCUT2D eigenvalue weighted by molar-refractivity contribution is -0.133. The minimum atomic E-state index is 0. The van der Waals surface area contributed by atoms with Crippen LogP contribution in [0.4, 0.5) is 0 Å². The van der Waals surface area contributed by atoms with Crippen molar-refractivity contribution in [2.24, 2.45) is 10.9 Å². The fourth-order valence-corrected chi connectivity index (χ4v) is 4.25. The highest BCUT2D eigenvalue weighted by molar-refractivity contribution is 14.0. The van der Waals surface area contributed by atoms with Gasteiger partial charge in [0.05, 0.1) is 0 Å². The summed E-state index contributed by atoms with van der Waals surface area (Å²) in [5, 5.41) is 6.97. The van der Waals surface area contributed by atoms with E-state index in [9.17, 15) is 4.79 Å². The van der Waals surface area contributed by atoms with Crippen molar-refractivity contribution in [3.05, 3.63) is 35.4 Å². The summed E-state index contributed by atoms with van der Waals surface area (Å²) in [6, 6.07) is 8.95. The van der Waals surface area contributed by atoms with Gasteiger partial charge < -0.3 is 15.5 Å². The summed E-state index contributed by atoms with van der Waals surface area (Å²) in [5.41, 5.74) is 2.72. The van der Waals surface area contributed by atoms with Gasteiger partial charge in [0.2, 0.25) is 5.91 Å². The molecule has 1 atom stereocenters. The van der Waals surface area contributed by atoms with Crippen LogP contribution >= 0.6 is 24.0 Å². The second kappa shape index (κ2) is 12.5. The molecule has 3 rings (SSSR count). The Balaban J connectivity index is 0.00000320. The first kappa shape index (κ1) is 24.9. The number of hydrogen-bond acceptors (Lipinski definition) is 3. The molecule has 2 fully saturated rings. The van der Waals surface area contributed by atoms with E-state index in [4.69, 9.17) is 0 Å². The van der Waals surface area contributed by atoms with Gasteiger partial charge >= 0.3 is 0 Å². The number of carbonyl (C=O) groups excluding carboxylic acids is 1. The molecule has 2 aliphatic heterocycles. The zero-order chi connectivity index (χ0) is 20.6. The largest absolute Gasteiger partial charge is 0.352 e. The third kappa shape index (κ3) is 7.11. The van der Waals surface area contributed by atoms with Crippen molar-refractivity contribution in [2.75, 3.05) is 33.2 Å². The van der Waals surface area contributed by atoms with Crippen LogP contribution in [-0.4, -0.2) is 60.9 Å². The number of aliphatic imine (C=N–C) groups is 1. The normalized spacial score (nSPS) is 20.2. The van der Waals surface area contributed by atoms with Crippen LogP contribution in [0, 0.1) is 5.92 Å². The first-order valence-electron chi connectivity index (χ1n) is 11.1. The van der Waals surface area contributed by atoms with Gasteiger partial charge in [0.1, 0.15) is 0 Å². The van der Waals surface area contributed by atoms with E-state index in [0.717, 1.165) is 38.6 Å². The number of hydrogen-bond donors (Lipinski definition) is 2. The van der Waals surface area contributed by atoms with Crippen LogP contribution in [0.15, 0.2) is 29.3 Å². The second-order valence-corrected chi connectivity index (χ2v) is 8.60. The monoisotopic (exact) mass is 527 g/mol. The molecule has 7 heteroatoms. The number of likely N-dealkylation sites (tertiary alicyclic amines) is 2. The predicted molar refractivity (Wildman–Crippen MR) is 134 cm³/mol. The van der Waals surface area contributed by atoms with Crippen LogP contribution in [0.3, 0.4) is 0 Å². The molecular formula is C23H38IN5O. The molecule has 0 spiro atoms. The van der Waals surface area contributed by atoms with E-state index in [1.807, 2.05) is 18.7 Å². The zero-order valence-electron chi connectivity index (χ0n) is 18.7. The van der Waals surface area contributed by atoms with E-state index in [0.29, 0.717) is 0 Å². The fourth-order valence-electron chi connectivity index (χ4n) is 4.25. The third-order valence-corrected chi connectivity index (χ3v) is 5.97. The molecule has 0 aromatic heterocycles. The number of nitrogens with one attached hydrogen (secondary N) is 2. The molecule has 30 heavy (non-hydrogen) atoms. The average Bonchev–Trinajstić information content (AvgIpc) is 3.20. The zero-order valence-corrected chi connectivity index (χ0v) is 21.0. The van der Waals surface area contributed by atoms with Crippen molar-refractivity contribution in [3.8, 4) is 0 Å². The van der Waals surface area contributed by atoms with E-state index in [1.54, 1.807) is 7.05 Å². The summed E-state index contributed by atoms with van der Waals surface area (Å²) in [6.07, 6.45) is 4.96. The van der Waals surface area contributed by atoms with Crippen LogP contribution < -0.4 is 10.6 Å². The Morgan fingerprint density at radius 3 is 2.50 bits per heavy atom. The fraction of sp³-hybridized carbons (Fsp3) is 0.652. The summed E-state index contributed by atoms with van der Waals surface area (Å²) < 4.78 is 0. The lowest BCUT2D eigenvalue weighted by Gasteiger charge is -2.27. The van der Waals surface area contributed by atoms with E-state index < -0.39 is 0 Å². The molecule has 2 aliphatic rings. The van der Waals surface area contributed by atoms with Gasteiger partial charge in [-0.2, -0.15) is 0 Å². The molecule has 1 unspecified atom stereocenters. The van der Waals surface area contributed by atoms with Gasteiger partial charge in [0.25, 0.3) is 0 Å². The lowest BCUT2D eigenvalue weighted by Crippen LogP contribution is -2.45. The van der Waals surface area contributed by atoms with E-state index in [2.05, 4.69) is 44.8 Å². The van der Waals surface area contributed by atoms with Crippen molar-refractivity contribution >= 4 is 35.8 Å². The highest BCUT2D eigenvalue weighted by Crippen LogP contribution is 2.16. The van der Waals surface area contributed by atoms with Crippen molar-refractivity contribution in [2.45, 2.75) is 58.7 Å². The quantitative estimate of drug-likeness (QED) is 0.339. The first-order chi connectivity index (χ1) is 14.1. The molecule has 0 radical (unpaired) electrons. The van der Waals surface area contributed by atoms with Crippen molar-refractivity contribution in [3.63, 3.8) is 0 Å². The molecule has 1 aromatic rings. The Morgan fingerprint density at radius 2 is 1.83 bits per heavy atom. The summed E-state index contributed by atoms with van der Waals surface area (Å²) >= 11 is 0. The number of halogens is 1. The van der Waals surface area contributed by atoms with Crippen LogP contribution in [0.2, 0.25) is 0 Å². The maximum Gasteiger partial charge on any atom is 0.225 e. The average molecular weight is 527 g/mol. The summed E-state index contributed by atoms with van der Waals surface area (Å²) in [4.78, 5) is 21.1. The van der Waals surface area contributed by atoms with Gasteiger partial charge in [-0.3, -0.25) is 14.7 Å². The molecule has 2 N–H and O–H groups in total. The van der Waals surface area contributed by atoms with Crippen molar-refractivity contribution < 1.29 is 4.79 Å². The maximum atomic E-state index is 12.2. The number of amides is 1. The van der Waals surface area contributed by atoms with Crippen LogP contribution in [0.5, 0.6) is 0 Å². The minimum Gasteiger partial charge on any atom is -0.352 e. The molecule has 1 amide bonds. The Hall–Kier alpha value is -1.35. The number of guanidine groups is 1. The molecule has 1 aromatic carbocycles. The molecule has 0 bridgehead atoms.